The van der Waals surface area contributed by atoms with Crippen LogP contribution in [0.1, 0.15) is 71.8 Å². The van der Waals surface area contributed by atoms with Crippen LogP contribution in [0.2, 0.25) is 0 Å². The van der Waals surface area contributed by atoms with Crippen molar-refractivity contribution in [3.63, 3.8) is 0 Å². The lowest BCUT2D eigenvalue weighted by atomic mass is 9.45. The summed E-state index contributed by atoms with van der Waals surface area (Å²) in [7, 11) is 0. The van der Waals surface area contributed by atoms with Crippen LogP contribution >= 0.6 is 0 Å². The number of carbonyl (C=O) groups excluding carboxylic acids is 3. The molecule has 0 saturated heterocycles. The number of allylic oxidation sites excluding steroid dienone is 1. The number of aliphatic hydroxyl groups is 2. The molecule has 7 N–H and O–H groups in total. The summed E-state index contributed by atoms with van der Waals surface area (Å²) in [5.41, 5.74) is 4.90. The van der Waals surface area contributed by atoms with Gasteiger partial charge in [0.05, 0.1) is 61.9 Å². The van der Waals surface area contributed by atoms with E-state index in [-0.39, 0.29) is 72.1 Å². The quantitative estimate of drug-likeness (QED) is 0.111. The van der Waals surface area contributed by atoms with Crippen molar-refractivity contribution in [2.24, 2.45) is 42.6 Å². The number of amidine groups is 2. The van der Waals surface area contributed by atoms with E-state index in [0.29, 0.717) is 44.0 Å². The molecule has 1 aromatic heterocycles. The van der Waals surface area contributed by atoms with E-state index >= 15 is 0 Å². The largest absolute Gasteiger partial charge is 0.423 e. The highest BCUT2D eigenvalue weighted by Crippen LogP contribution is 2.62. The van der Waals surface area contributed by atoms with Gasteiger partial charge in [-0.25, -0.2) is 19.8 Å². The van der Waals surface area contributed by atoms with Crippen LogP contribution in [0.4, 0.5) is 5.95 Å². The van der Waals surface area contributed by atoms with Gasteiger partial charge in [0.15, 0.2) is 17.5 Å². The van der Waals surface area contributed by atoms with Crippen LogP contribution in [0.25, 0.3) is 6.08 Å². The molecule has 3 aliphatic heterocycles. The Labute approximate surface area is 319 Å². The molecule has 2 saturated carbocycles. The number of H-pyrrole nitrogens is 1. The first-order valence-corrected chi connectivity index (χ1v) is 18.8. The molecule has 55 heavy (non-hydrogen) atoms. The van der Waals surface area contributed by atoms with Crippen LogP contribution in [0, 0.1) is 22.7 Å². The molecule has 16 heteroatoms. The van der Waals surface area contributed by atoms with Crippen LogP contribution in [0.5, 0.6) is 0 Å². The van der Waals surface area contributed by atoms with Crippen molar-refractivity contribution in [3.8, 4) is 0 Å². The maximum Gasteiger partial charge on any atom is 0.341 e. The van der Waals surface area contributed by atoms with E-state index in [1.165, 1.54) is 12.3 Å². The highest BCUT2D eigenvalue weighted by molar-refractivity contribution is 6.08. The molecule has 9 atom stereocenters. The Kier molecular flexibility index (Phi) is 11.7. The second-order valence-electron chi connectivity index (χ2n) is 15.8. The van der Waals surface area contributed by atoms with Crippen LogP contribution < -0.4 is 21.9 Å². The summed E-state index contributed by atoms with van der Waals surface area (Å²) < 4.78 is 5.66. The third-order valence-electron chi connectivity index (χ3n) is 12.3. The number of aliphatic imine (C=N–C) groups is 4. The monoisotopic (exact) mass is 757 g/mol. The Balaban J connectivity index is 1.36. The van der Waals surface area contributed by atoms with Gasteiger partial charge in [0.2, 0.25) is 0 Å². The van der Waals surface area contributed by atoms with Gasteiger partial charge in [0.1, 0.15) is 17.4 Å². The minimum absolute atomic E-state index is 0.0112. The fourth-order valence-corrected chi connectivity index (χ4v) is 8.95. The third kappa shape index (κ3) is 8.27. The summed E-state index contributed by atoms with van der Waals surface area (Å²) in [6, 6.07) is -2.47. The number of aliphatic hydroxyl groups excluding tert-OH is 2. The van der Waals surface area contributed by atoms with Gasteiger partial charge in [0.25, 0.3) is 5.56 Å². The van der Waals surface area contributed by atoms with Gasteiger partial charge in [0, 0.05) is 36.1 Å². The van der Waals surface area contributed by atoms with Crippen LogP contribution in [0.3, 0.4) is 0 Å². The minimum Gasteiger partial charge on any atom is -0.423 e. The van der Waals surface area contributed by atoms with E-state index < -0.39 is 52.6 Å². The average molecular weight is 758 g/mol. The number of fused-ring (bicyclic) bond motifs is 1. The van der Waals surface area contributed by atoms with E-state index in [1.807, 2.05) is 6.92 Å². The molecular weight excluding hydrogens is 706 g/mol. The smallest absolute Gasteiger partial charge is 0.341 e. The number of Topliss-reactive ketones (excluding diaryl/α,β-unsaturated/α-hetero) is 2. The fraction of sp³-hybridized carbons (Fsp3) is 0.564. The van der Waals surface area contributed by atoms with Crippen molar-refractivity contribution in [2.45, 2.75) is 96.5 Å². The van der Waals surface area contributed by atoms with E-state index in [1.54, 1.807) is 32.4 Å². The van der Waals surface area contributed by atoms with Gasteiger partial charge in [-0.05, 0) is 68.9 Å². The van der Waals surface area contributed by atoms with Gasteiger partial charge in [-0.15, -0.1) is 0 Å². The molecule has 0 bridgehead atoms. The number of esters is 1. The highest BCUT2D eigenvalue weighted by Gasteiger charge is 2.60. The number of rotatable bonds is 15. The van der Waals surface area contributed by atoms with Crippen molar-refractivity contribution in [2.75, 3.05) is 25.4 Å². The van der Waals surface area contributed by atoms with Crippen molar-refractivity contribution in [1.29, 1.82) is 0 Å². The molecule has 2 fully saturated rings. The number of carbonyl (C=O) groups is 3. The molecule has 5 aliphatic rings. The molecular formula is C39H51N9O7. The van der Waals surface area contributed by atoms with E-state index in [4.69, 9.17) is 10.5 Å². The topological polar surface area (TPSA) is 246 Å². The molecule has 0 radical (unpaired) electrons. The molecule has 1 aromatic rings. The summed E-state index contributed by atoms with van der Waals surface area (Å²) in [6.07, 6.45) is 8.71. The molecule has 0 amide bonds. The number of nitrogen functional groups attached to an aromatic ring is 1. The van der Waals surface area contributed by atoms with Crippen molar-refractivity contribution in [3.05, 3.63) is 51.7 Å². The zero-order valence-corrected chi connectivity index (χ0v) is 31.7. The van der Waals surface area contributed by atoms with E-state index in [2.05, 4.69) is 54.1 Å². The molecule has 4 heterocycles. The molecule has 294 valence electrons. The number of nitrogens with one attached hydrogen (secondary N) is 3. The SMILES string of the molecule is C=C1C(NC(C)C(=O)CC2=NCC=N2)CC2[C@](C)(CC[C@@H](O)[C@@]2(C)CO)C1CC(NC(C)C(=O)CC1=NCC=N1)C1=C/C(=C\c2cnc(N)[nH]c2=O)OC1=O. The van der Waals surface area contributed by atoms with Crippen LogP contribution in [0.15, 0.2) is 60.5 Å². The number of hydrogen-bond donors (Lipinski definition) is 6. The first-order valence-electron chi connectivity index (χ1n) is 18.8. The Hall–Kier alpha value is -4.77. The van der Waals surface area contributed by atoms with E-state index in [0.717, 1.165) is 5.57 Å². The first-order chi connectivity index (χ1) is 26.1. The van der Waals surface area contributed by atoms with E-state index in [9.17, 15) is 29.4 Å². The van der Waals surface area contributed by atoms with Crippen molar-refractivity contribution >= 4 is 53.7 Å². The Morgan fingerprint density at radius 3 is 2.36 bits per heavy atom. The highest BCUT2D eigenvalue weighted by atomic mass is 16.5. The summed E-state index contributed by atoms with van der Waals surface area (Å²) >= 11 is 0. The normalized spacial score (nSPS) is 31.1. The number of ether oxygens (including phenoxy) is 1. The maximum absolute atomic E-state index is 13.7. The second-order valence-corrected chi connectivity index (χ2v) is 15.8. The Bertz CT molecular complexity index is 1980. The minimum atomic E-state index is -0.872. The summed E-state index contributed by atoms with van der Waals surface area (Å²) in [4.78, 5) is 76.4. The number of nitrogens with zero attached hydrogens (tertiary/aromatic N) is 5. The summed E-state index contributed by atoms with van der Waals surface area (Å²) in [5, 5.41) is 29.1. The maximum atomic E-state index is 13.7. The lowest BCUT2D eigenvalue weighted by Gasteiger charge is -2.62. The second kappa shape index (κ2) is 16.1. The lowest BCUT2D eigenvalue weighted by molar-refractivity contribution is -0.156. The number of nitrogens with two attached hydrogens (primary N) is 1. The number of aromatic nitrogens is 2. The number of anilines is 1. The zero-order chi connectivity index (χ0) is 39.7. The molecule has 6 unspecified atom stereocenters. The number of aromatic amines is 1. The molecule has 2 aliphatic carbocycles. The predicted octanol–water partition coefficient (Wildman–Crippen LogP) is 1.50. The van der Waals surface area contributed by atoms with Gasteiger partial charge in [-0.3, -0.25) is 29.4 Å². The molecule has 0 aromatic carbocycles. The number of ketones is 2. The zero-order valence-electron chi connectivity index (χ0n) is 31.7. The summed E-state index contributed by atoms with van der Waals surface area (Å²) in [5.74, 6) is -0.483. The Morgan fingerprint density at radius 2 is 1.76 bits per heavy atom. The van der Waals surface area contributed by atoms with Gasteiger partial charge < -0.3 is 31.3 Å². The standard InChI is InChI=1S/C39H51N9O7/c1-20-26(38(4)7-6-32(52)39(5,19-49)31(38)15-27(20)46-21(2)29(50)16-33-41-8-9-42-33)14-28(47-22(3)30(51)17-34-43-10-11-44-34)25-13-24(55-36(25)54)12-23-18-45-37(40)48-35(23)53/h8,10,12-13,18,21-22,26-28,31-32,46-47,49,52H,1,6-7,9,11,14-17,19H2,2-5H3,(H3,40,45,48,53)/b24-12+/t21?,22?,26?,27?,28?,31?,32-,38-,39+/m1/s1. The van der Waals surface area contributed by atoms with Crippen LogP contribution in [-0.4, -0.2) is 112 Å². The van der Waals surface area contributed by atoms with Crippen molar-refractivity contribution in [1.82, 2.24) is 20.6 Å². The van der Waals surface area contributed by atoms with Crippen molar-refractivity contribution < 1.29 is 29.3 Å². The predicted molar refractivity (Wildman–Crippen MR) is 209 cm³/mol. The number of hydrogen-bond acceptors (Lipinski definition) is 15. The average Bonchev–Trinajstić information content (AvgIpc) is 3.93. The lowest BCUT2D eigenvalue weighted by Crippen LogP contribution is -2.62. The molecule has 6 rings (SSSR count). The molecule has 0 spiro atoms. The van der Waals surface area contributed by atoms with Gasteiger partial charge in [-0.1, -0.05) is 26.0 Å². The third-order valence-corrected chi connectivity index (χ3v) is 12.3. The van der Waals surface area contributed by atoms with Gasteiger partial charge >= 0.3 is 5.97 Å². The number of cyclic esters (lactones) is 1. The fourth-order valence-electron chi connectivity index (χ4n) is 8.95. The van der Waals surface area contributed by atoms with Gasteiger partial charge in [-0.2, -0.15) is 0 Å². The first kappa shape index (κ1) is 39.9. The molecule has 16 nitrogen and oxygen atoms in total. The Morgan fingerprint density at radius 1 is 1.11 bits per heavy atom. The summed E-state index contributed by atoms with van der Waals surface area (Å²) in [6.45, 7) is 12.8. The van der Waals surface area contributed by atoms with Crippen LogP contribution in [-0.2, 0) is 19.1 Å².